The number of hydrogen-bond donors (Lipinski definition) is 2. The highest BCUT2D eigenvalue weighted by molar-refractivity contribution is 7.80. The van der Waals surface area contributed by atoms with Crippen LogP contribution < -0.4 is 5.32 Å². The highest BCUT2D eigenvalue weighted by atomic mass is 32.1. The monoisotopic (exact) mass is 278 g/mol. The Hall–Kier alpha value is -1.49. The number of nitrogens with zero attached hydrogens (tertiary/aromatic N) is 1. The van der Waals surface area contributed by atoms with Crippen LogP contribution in [-0.2, 0) is 4.79 Å². The normalized spacial score (nSPS) is 22.4. The van der Waals surface area contributed by atoms with Crippen LogP contribution in [-0.4, -0.2) is 36.9 Å². The van der Waals surface area contributed by atoms with E-state index in [0.717, 1.165) is 0 Å². The summed E-state index contributed by atoms with van der Waals surface area (Å²) < 4.78 is 0. The molecule has 1 atom stereocenters. The molecule has 5 heteroatoms. The third-order valence-corrected chi connectivity index (χ3v) is 4.06. The van der Waals surface area contributed by atoms with Crippen molar-refractivity contribution in [3.63, 3.8) is 0 Å². The molecule has 0 radical (unpaired) electrons. The fourth-order valence-electron chi connectivity index (χ4n) is 2.45. The molecule has 4 nitrogen and oxygen atoms in total. The van der Waals surface area contributed by atoms with Crippen LogP contribution in [0.5, 0.6) is 0 Å². The van der Waals surface area contributed by atoms with E-state index in [0.29, 0.717) is 30.0 Å². The maximum absolute atomic E-state index is 12.4. The van der Waals surface area contributed by atoms with Crippen LogP contribution >= 0.6 is 12.6 Å². The van der Waals surface area contributed by atoms with Crippen molar-refractivity contribution in [1.82, 2.24) is 10.2 Å². The van der Waals surface area contributed by atoms with Crippen LogP contribution in [0.4, 0.5) is 0 Å². The molecule has 0 bridgehead atoms. The number of benzene rings is 1. The van der Waals surface area contributed by atoms with Gasteiger partial charge in [-0.25, -0.2) is 0 Å². The minimum absolute atomic E-state index is 0.0121. The Kier molecular flexibility index (Phi) is 3.85. The van der Waals surface area contributed by atoms with E-state index in [2.05, 4.69) is 17.9 Å². The van der Waals surface area contributed by atoms with Crippen molar-refractivity contribution in [3.8, 4) is 0 Å². The van der Waals surface area contributed by atoms with Gasteiger partial charge in [0.25, 0.3) is 5.91 Å². The molecule has 1 unspecified atom stereocenters. The third-order valence-electron chi connectivity index (χ3n) is 3.67. The van der Waals surface area contributed by atoms with Crippen LogP contribution in [0.3, 0.4) is 0 Å². The van der Waals surface area contributed by atoms with Crippen LogP contribution in [0, 0.1) is 5.41 Å². The molecule has 2 amide bonds. The standard InChI is InChI=1S/C14H18N2O2S/c1-14(13(18)15-2)7-8-16(9-14)12(17)10-5-3-4-6-11(10)19/h3-6,19H,7-9H2,1-2H3,(H,15,18). The number of rotatable bonds is 2. The fraction of sp³-hybridized carbons (Fsp3) is 0.429. The molecule has 0 aliphatic carbocycles. The molecule has 0 saturated carbocycles. The van der Waals surface area contributed by atoms with Gasteiger partial charge >= 0.3 is 0 Å². The van der Waals surface area contributed by atoms with E-state index < -0.39 is 5.41 Å². The number of thiol groups is 1. The highest BCUT2D eigenvalue weighted by Crippen LogP contribution is 2.31. The topological polar surface area (TPSA) is 49.4 Å². The summed E-state index contributed by atoms with van der Waals surface area (Å²) in [6, 6.07) is 7.23. The number of hydrogen-bond acceptors (Lipinski definition) is 3. The maximum Gasteiger partial charge on any atom is 0.255 e. The van der Waals surface area contributed by atoms with Crippen molar-refractivity contribution < 1.29 is 9.59 Å². The Morgan fingerprint density at radius 1 is 1.37 bits per heavy atom. The van der Waals surface area contributed by atoms with E-state index in [9.17, 15) is 9.59 Å². The van der Waals surface area contributed by atoms with E-state index in [1.165, 1.54) is 0 Å². The average molecular weight is 278 g/mol. The Balaban J connectivity index is 2.16. The lowest BCUT2D eigenvalue weighted by atomic mass is 9.89. The van der Waals surface area contributed by atoms with E-state index >= 15 is 0 Å². The van der Waals surface area contributed by atoms with Crippen molar-refractivity contribution in [2.75, 3.05) is 20.1 Å². The number of carbonyl (C=O) groups excluding carboxylic acids is 2. The third kappa shape index (κ3) is 2.61. The summed E-state index contributed by atoms with van der Waals surface area (Å²) in [6.07, 6.45) is 0.688. The van der Waals surface area contributed by atoms with Gasteiger partial charge in [0, 0.05) is 25.0 Å². The highest BCUT2D eigenvalue weighted by Gasteiger charge is 2.41. The molecule has 102 valence electrons. The summed E-state index contributed by atoms with van der Waals surface area (Å²) in [6.45, 7) is 2.95. The van der Waals surface area contributed by atoms with Gasteiger partial charge in [-0.3, -0.25) is 9.59 Å². The Morgan fingerprint density at radius 2 is 2.05 bits per heavy atom. The van der Waals surface area contributed by atoms with Gasteiger partial charge in [-0.2, -0.15) is 0 Å². The molecule has 2 rings (SSSR count). The maximum atomic E-state index is 12.4. The fourth-order valence-corrected chi connectivity index (χ4v) is 2.70. The average Bonchev–Trinajstić information content (AvgIpc) is 2.81. The van der Waals surface area contributed by atoms with Crippen LogP contribution in [0.25, 0.3) is 0 Å². The zero-order chi connectivity index (χ0) is 14.0. The van der Waals surface area contributed by atoms with Gasteiger partial charge in [-0.05, 0) is 25.5 Å². The lowest BCUT2D eigenvalue weighted by Crippen LogP contribution is -2.40. The molecule has 1 aromatic carbocycles. The predicted molar refractivity (Wildman–Crippen MR) is 76.4 cm³/mol. The lowest BCUT2D eigenvalue weighted by molar-refractivity contribution is -0.128. The first-order valence-electron chi connectivity index (χ1n) is 6.27. The van der Waals surface area contributed by atoms with Gasteiger partial charge in [0.05, 0.1) is 11.0 Å². The molecule has 1 aliphatic heterocycles. The van der Waals surface area contributed by atoms with Gasteiger partial charge in [0.1, 0.15) is 0 Å². The lowest BCUT2D eigenvalue weighted by Gasteiger charge is -2.23. The predicted octanol–water partition coefficient (Wildman–Crippen LogP) is 1.57. The van der Waals surface area contributed by atoms with Crippen molar-refractivity contribution in [2.24, 2.45) is 5.41 Å². The first-order chi connectivity index (χ1) is 8.98. The summed E-state index contributed by atoms with van der Waals surface area (Å²) in [5, 5.41) is 2.67. The molecule has 1 fully saturated rings. The molecule has 0 aromatic heterocycles. The van der Waals surface area contributed by atoms with Gasteiger partial charge < -0.3 is 10.2 Å². The molecular weight excluding hydrogens is 260 g/mol. The second-order valence-corrected chi connectivity index (χ2v) is 5.62. The molecule has 1 aliphatic rings. The minimum atomic E-state index is -0.490. The van der Waals surface area contributed by atoms with Gasteiger partial charge in [-0.1, -0.05) is 12.1 Å². The van der Waals surface area contributed by atoms with Crippen LogP contribution in [0.1, 0.15) is 23.7 Å². The first-order valence-corrected chi connectivity index (χ1v) is 6.72. The molecule has 19 heavy (non-hydrogen) atoms. The molecule has 1 aromatic rings. The quantitative estimate of drug-likeness (QED) is 0.807. The summed E-state index contributed by atoms with van der Waals surface area (Å²) in [5.41, 5.74) is 0.0997. The minimum Gasteiger partial charge on any atom is -0.359 e. The number of carbonyl (C=O) groups is 2. The molecule has 0 spiro atoms. The van der Waals surface area contributed by atoms with Gasteiger partial charge in [0.15, 0.2) is 0 Å². The van der Waals surface area contributed by atoms with E-state index in [-0.39, 0.29) is 11.8 Å². The van der Waals surface area contributed by atoms with Gasteiger partial charge in [0.2, 0.25) is 5.91 Å². The molecular formula is C14H18N2O2S. The Bertz CT molecular complexity index is 518. The number of nitrogens with one attached hydrogen (secondary N) is 1. The zero-order valence-electron chi connectivity index (χ0n) is 11.1. The summed E-state index contributed by atoms with van der Waals surface area (Å²) in [5.74, 6) is -0.0693. The second-order valence-electron chi connectivity index (χ2n) is 5.13. The Labute approximate surface area is 118 Å². The van der Waals surface area contributed by atoms with E-state index in [1.54, 1.807) is 24.1 Å². The first kappa shape index (κ1) is 13.9. The van der Waals surface area contributed by atoms with Crippen molar-refractivity contribution in [2.45, 2.75) is 18.2 Å². The van der Waals surface area contributed by atoms with E-state index in [1.807, 2.05) is 19.1 Å². The van der Waals surface area contributed by atoms with Crippen molar-refractivity contribution in [1.29, 1.82) is 0 Å². The zero-order valence-corrected chi connectivity index (χ0v) is 12.0. The largest absolute Gasteiger partial charge is 0.359 e. The summed E-state index contributed by atoms with van der Waals surface area (Å²) in [4.78, 5) is 26.6. The SMILES string of the molecule is CNC(=O)C1(C)CCN(C(=O)c2ccccc2S)C1. The molecule has 1 N–H and O–H groups in total. The summed E-state index contributed by atoms with van der Waals surface area (Å²) >= 11 is 4.31. The van der Waals surface area contributed by atoms with Crippen LogP contribution in [0.2, 0.25) is 0 Å². The Morgan fingerprint density at radius 3 is 2.68 bits per heavy atom. The molecule has 1 saturated heterocycles. The second kappa shape index (κ2) is 5.25. The van der Waals surface area contributed by atoms with Crippen molar-refractivity contribution >= 4 is 24.4 Å². The molecule has 1 heterocycles. The van der Waals surface area contributed by atoms with Gasteiger partial charge in [-0.15, -0.1) is 12.6 Å². The number of likely N-dealkylation sites (tertiary alicyclic amines) is 1. The van der Waals surface area contributed by atoms with Crippen LogP contribution in [0.15, 0.2) is 29.2 Å². The van der Waals surface area contributed by atoms with Crippen molar-refractivity contribution in [3.05, 3.63) is 29.8 Å². The summed E-state index contributed by atoms with van der Waals surface area (Å²) in [7, 11) is 1.63. The smallest absolute Gasteiger partial charge is 0.255 e. The van der Waals surface area contributed by atoms with E-state index in [4.69, 9.17) is 0 Å². The number of amides is 2.